The molecule has 0 spiro atoms. The second-order valence-corrected chi connectivity index (χ2v) is 7.07. The van der Waals surface area contributed by atoms with Crippen molar-refractivity contribution >= 4 is 33.4 Å². The largest absolute Gasteiger partial charge is 0.478 e. The second kappa shape index (κ2) is 8.88. The molecule has 0 aliphatic heterocycles. The van der Waals surface area contributed by atoms with Crippen molar-refractivity contribution in [2.45, 2.75) is 4.90 Å². The number of hydrogen-bond acceptors (Lipinski definition) is 5. The summed E-state index contributed by atoms with van der Waals surface area (Å²) >= 11 is 0. The van der Waals surface area contributed by atoms with Gasteiger partial charge in [-0.15, -0.1) is 0 Å². The van der Waals surface area contributed by atoms with Crippen molar-refractivity contribution in [2.24, 2.45) is 0 Å². The highest BCUT2D eigenvalue weighted by Gasteiger charge is 2.16. The standard InChI is InChI=1S/C18H16N2O6S/c21-16(13-4-2-1-3-5-13)12-19-27(25,26)15-8-6-14(7-9-15)20-17(22)10-11-18(23)24/h1-11,19H,12H2,(H,20,22)(H,23,24). The molecule has 0 aromatic heterocycles. The van der Waals surface area contributed by atoms with E-state index in [-0.39, 0.29) is 22.9 Å². The van der Waals surface area contributed by atoms with Crippen LogP contribution in [0, 0.1) is 0 Å². The van der Waals surface area contributed by atoms with Crippen LogP contribution in [0.25, 0.3) is 0 Å². The number of carboxylic acids is 1. The maximum atomic E-state index is 12.3. The highest BCUT2D eigenvalue weighted by molar-refractivity contribution is 7.89. The Balaban J connectivity index is 1.99. The molecule has 2 aromatic rings. The Bertz CT molecular complexity index is 967. The third-order valence-electron chi connectivity index (χ3n) is 3.33. The summed E-state index contributed by atoms with van der Waals surface area (Å²) in [4.78, 5) is 33.7. The molecule has 0 saturated carbocycles. The molecule has 0 bridgehead atoms. The van der Waals surface area contributed by atoms with Crippen LogP contribution in [-0.4, -0.2) is 37.7 Å². The third kappa shape index (κ3) is 6.17. The van der Waals surface area contributed by atoms with Crippen LogP contribution in [0.2, 0.25) is 0 Å². The van der Waals surface area contributed by atoms with Crippen molar-refractivity contribution < 1.29 is 27.9 Å². The number of sulfonamides is 1. The molecule has 9 heteroatoms. The fourth-order valence-electron chi connectivity index (χ4n) is 2.02. The number of amides is 1. The molecule has 8 nitrogen and oxygen atoms in total. The fourth-order valence-corrected chi connectivity index (χ4v) is 3.00. The number of nitrogens with one attached hydrogen (secondary N) is 2. The zero-order valence-electron chi connectivity index (χ0n) is 14.0. The summed E-state index contributed by atoms with van der Waals surface area (Å²) in [5.41, 5.74) is 0.682. The van der Waals surface area contributed by atoms with E-state index < -0.39 is 21.9 Å². The van der Waals surface area contributed by atoms with Gasteiger partial charge in [-0.2, -0.15) is 0 Å². The molecule has 2 aromatic carbocycles. The van der Waals surface area contributed by atoms with Crippen LogP contribution in [0.4, 0.5) is 5.69 Å². The lowest BCUT2D eigenvalue weighted by Gasteiger charge is -2.08. The summed E-state index contributed by atoms with van der Waals surface area (Å²) in [7, 11) is -3.91. The van der Waals surface area contributed by atoms with Gasteiger partial charge >= 0.3 is 5.97 Å². The number of carboxylic acid groups (broad SMARTS) is 1. The van der Waals surface area contributed by atoms with Gasteiger partial charge < -0.3 is 10.4 Å². The zero-order chi connectivity index (χ0) is 19.9. The first-order chi connectivity index (χ1) is 12.8. The molecule has 0 fully saturated rings. The molecule has 0 heterocycles. The molecular formula is C18H16N2O6S. The minimum atomic E-state index is -3.91. The van der Waals surface area contributed by atoms with Crippen LogP contribution < -0.4 is 10.0 Å². The predicted molar refractivity (Wildman–Crippen MR) is 97.8 cm³/mol. The molecular weight excluding hydrogens is 372 g/mol. The number of hydrogen-bond donors (Lipinski definition) is 3. The smallest absolute Gasteiger partial charge is 0.328 e. The lowest BCUT2D eigenvalue weighted by atomic mass is 10.1. The lowest BCUT2D eigenvalue weighted by Crippen LogP contribution is -2.29. The molecule has 0 unspecified atom stereocenters. The molecule has 0 saturated heterocycles. The minimum absolute atomic E-state index is 0.0811. The van der Waals surface area contributed by atoms with E-state index in [1.165, 1.54) is 24.3 Å². The zero-order valence-corrected chi connectivity index (χ0v) is 14.8. The van der Waals surface area contributed by atoms with Crippen molar-refractivity contribution in [3.8, 4) is 0 Å². The van der Waals surface area contributed by atoms with E-state index in [4.69, 9.17) is 5.11 Å². The van der Waals surface area contributed by atoms with Crippen molar-refractivity contribution in [3.63, 3.8) is 0 Å². The van der Waals surface area contributed by atoms with Crippen LogP contribution in [0.3, 0.4) is 0 Å². The monoisotopic (exact) mass is 388 g/mol. The van der Waals surface area contributed by atoms with E-state index in [2.05, 4.69) is 10.0 Å². The van der Waals surface area contributed by atoms with E-state index in [0.717, 1.165) is 6.08 Å². The summed E-state index contributed by atoms with van der Waals surface area (Å²) in [6.45, 7) is -0.384. The van der Waals surface area contributed by atoms with Gasteiger partial charge in [0, 0.05) is 23.4 Å². The first-order valence-electron chi connectivity index (χ1n) is 7.68. The predicted octanol–water partition coefficient (Wildman–Crippen LogP) is 1.43. The Kier molecular flexibility index (Phi) is 6.58. The Morgan fingerprint density at radius 1 is 0.926 bits per heavy atom. The number of carbonyl (C=O) groups is 3. The highest BCUT2D eigenvalue weighted by atomic mass is 32.2. The van der Waals surface area contributed by atoms with E-state index >= 15 is 0 Å². The molecule has 27 heavy (non-hydrogen) atoms. The Hall–Kier alpha value is -3.30. The molecule has 1 amide bonds. The number of Topliss-reactive ketones (excluding diaryl/α,β-unsaturated/α-hetero) is 1. The van der Waals surface area contributed by atoms with Gasteiger partial charge in [0.05, 0.1) is 11.4 Å². The third-order valence-corrected chi connectivity index (χ3v) is 4.75. The molecule has 0 aliphatic rings. The quantitative estimate of drug-likeness (QED) is 0.463. The summed E-state index contributed by atoms with van der Waals surface area (Å²) in [6.07, 6.45) is 1.52. The number of aliphatic carboxylic acids is 1. The van der Waals surface area contributed by atoms with Crippen LogP contribution in [-0.2, 0) is 19.6 Å². The van der Waals surface area contributed by atoms with E-state index in [9.17, 15) is 22.8 Å². The van der Waals surface area contributed by atoms with Crippen LogP contribution in [0.5, 0.6) is 0 Å². The SMILES string of the molecule is O=C(O)C=CC(=O)Nc1ccc(S(=O)(=O)NCC(=O)c2ccccc2)cc1. The van der Waals surface area contributed by atoms with Gasteiger partial charge in [0.1, 0.15) is 0 Å². The molecule has 140 valence electrons. The van der Waals surface area contributed by atoms with Crippen molar-refractivity contribution in [2.75, 3.05) is 11.9 Å². The summed E-state index contributed by atoms with van der Waals surface area (Å²) in [5, 5.41) is 10.8. The first-order valence-corrected chi connectivity index (χ1v) is 9.16. The number of anilines is 1. The summed E-state index contributed by atoms with van der Waals surface area (Å²) in [5.74, 6) is -2.30. The van der Waals surface area contributed by atoms with E-state index in [1.807, 2.05) is 0 Å². The van der Waals surface area contributed by atoms with Gasteiger partial charge in [0.2, 0.25) is 15.9 Å². The van der Waals surface area contributed by atoms with Crippen molar-refractivity contribution in [1.29, 1.82) is 0 Å². The van der Waals surface area contributed by atoms with Gasteiger partial charge in [-0.25, -0.2) is 17.9 Å². The molecule has 0 atom stereocenters. The van der Waals surface area contributed by atoms with Gasteiger partial charge in [-0.3, -0.25) is 9.59 Å². The normalized spacial score (nSPS) is 11.3. The minimum Gasteiger partial charge on any atom is -0.478 e. The number of benzene rings is 2. The number of rotatable bonds is 8. The van der Waals surface area contributed by atoms with Gasteiger partial charge in [-0.05, 0) is 24.3 Å². The highest BCUT2D eigenvalue weighted by Crippen LogP contribution is 2.14. The Morgan fingerprint density at radius 3 is 2.15 bits per heavy atom. The Morgan fingerprint density at radius 2 is 1.56 bits per heavy atom. The van der Waals surface area contributed by atoms with E-state index in [0.29, 0.717) is 11.6 Å². The molecule has 0 aliphatic carbocycles. The maximum absolute atomic E-state index is 12.3. The van der Waals surface area contributed by atoms with Gasteiger partial charge in [0.25, 0.3) is 0 Å². The molecule has 2 rings (SSSR count). The van der Waals surface area contributed by atoms with Crippen LogP contribution in [0.1, 0.15) is 10.4 Å². The van der Waals surface area contributed by atoms with Crippen molar-refractivity contribution in [3.05, 3.63) is 72.3 Å². The number of ketones is 1. The summed E-state index contributed by atoms with van der Waals surface area (Å²) < 4.78 is 26.7. The molecule has 3 N–H and O–H groups in total. The molecule has 0 radical (unpaired) electrons. The Labute approximate surface area is 155 Å². The van der Waals surface area contributed by atoms with Crippen LogP contribution >= 0.6 is 0 Å². The second-order valence-electron chi connectivity index (χ2n) is 5.30. The van der Waals surface area contributed by atoms with Crippen LogP contribution in [0.15, 0.2) is 71.6 Å². The fraction of sp³-hybridized carbons (Fsp3) is 0.0556. The van der Waals surface area contributed by atoms with Crippen molar-refractivity contribution in [1.82, 2.24) is 4.72 Å². The van der Waals surface area contributed by atoms with E-state index in [1.54, 1.807) is 30.3 Å². The topological polar surface area (TPSA) is 130 Å². The lowest BCUT2D eigenvalue weighted by molar-refractivity contribution is -0.131. The number of carbonyl (C=O) groups excluding carboxylic acids is 2. The maximum Gasteiger partial charge on any atom is 0.328 e. The average molecular weight is 388 g/mol. The van der Waals surface area contributed by atoms with Gasteiger partial charge in [0.15, 0.2) is 5.78 Å². The summed E-state index contributed by atoms with van der Waals surface area (Å²) in [6, 6.07) is 13.5. The van der Waals surface area contributed by atoms with Gasteiger partial charge in [-0.1, -0.05) is 30.3 Å². The average Bonchev–Trinajstić information content (AvgIpc) is 2.65. The first kappa shape index (κ1) is 20.0.